The lowest BCUT2D eigenvalue weighted by Gasteiger charge is -2.46. The molecule has 0 bridgehead atoms. The predicted octanol–water partition coefficient (Wildman–Crippen LogP) is 5.99. The number of aliphatic hydroxyl groups excluding tert-OH is 1. The third-order valence-corrected chi connectivity index (χ3v) is 7.80. The molecule has 0 amide bonds. The van der Waals surface area contributed by atoms with Crippen molar-refractivity contribution in [3.8, 4) is 16.9 Å². The highest BCUT2D eigenvalue weighted by atomic mass is 32.1. The van der Waals surface area contributed by atoms with Gasteiger partial charge in [0.05, 0.1) is 23.9 Å². The third-order valence-electron chi connectivity index (χ3n) is 7.11. The van der Waals surface area contributed by atoms with Crippen molar-refractivity contribution in [3.05, 3.63) is 87.6 Å². The van der Waals surface area contributed by atoms with Crippen molar-refractivity contribution in [3.63, 3.8) is 0 Å². The minimum atomic E-state index is -1.07. The quantitative estimate of drug-likeness (QED) is 0.291. The summed E-state index contributed by atoms with van der Waals surface area (Å²) in [4.78, 5) is 12.0. The number of rotatable bonds is 9. The predicted molar refractivity (Wildman–Crippen MR) is 140 cm³/mol. The molecule has 0 aliphatic heterocycles. The van der Waals surface area contributed by atoms with Crippen molar-refractivity contribution in [1.29, 1.82) is 0 Å². The second-order valence-corrected chi connectivity index (χ2v) is 9.87. The molecule has 1 aliphatic rings. The molecule has 6 nitrogen and oxygen atoms in total. The van der Waals surface area contributed by atoms with Crippen molar-refractivity contribution in [2.75, 3.05) is 14.2 Å². The summed E-state index contributed by atoms with van der Waals surface area (Å²) in [6.07, 6.45) is 1.86. The minimum Gasteiger partial charge on any atom is -0.489 e. The first-order valence-electron chi connectivity index (χ1n) is 11.7. The summed E-state index contributed by atoms with van der Waals surface area (Å²) in [6, 6.07) is 17.4. The number of hydrogen-bond acceptors (Lipinski definition) is 6. The van der Waals surface area contributed by atoms with Crippen LogP contribution in [0.4, 0.5) is 0 Å². The minimum absolute atomic E-state index is 0.0933. The topological polar surface area (TPSA) is 85.2 Å². The maximum Gasteiger partial charge on any atom is 0.336 e. The van der Waals surface area contributed by atoms with E-state index in [1.165, 1.54) is 11.3 Å². The number of ether oxygens (including phenoxy) is 3. The number of carboxylic acid groups (broad SMARTS) is 1. The first kappa shape index (κ1) is 24.5. The van der Waals surface area contributed by atoms with Crippen LogP contribution in [0.25, 0.3) is 21.9 Å². The molecule has 1 heterocycles. The number of hydrogen-bond donors (Lipinski definition) is 2. The molecule has 1 saturated carbocycles. The van der Waals surface area contributed by atoms with Gasteiger partial charge in [-0.05, 0) is 74.1 Å². The van der Waals surface area contributed by atoms with Crippen molar-refractivity contribution < 1.29 is 29.2 Å². The van der Waals surface area contributed by atoms with Crippen LogP contribution in [0.3, 0.4) is 0 Å². The average Bonchev–Trinajstić information content (AvgIpc) is 3.41. The first-order chi connectivity index (χ1) is 17.5. The van der Waals surface area contributed by atoms with E-state index < -0.39 is 5.97 Å². The van der Waals surface area contributed by atoms with Crippen LogP contribution in [0.1, 0.15) is 39.9 Å². The molecule has 1 aromatic heterocycles. The standard InChI is InChI=1S/C29H28O6S/c1-33-23-13-29(14-23,34-2)21-5-3-4-18(10-21)16-35-22-6-7-24-20(11-22)12-25(28(31)32)26(15-30)27(24)19-8-9-36-17-19/h3-12,17,23,30H,13-16H2,1-2H3,(H,31,32). The van der Waals surface area contributed by atoms with Gasteiger partial charge in [0.15, 0.2) is 0 Å². The van der Waals surface area contributed by atoms with Crippen LogP contribution in [0.5, 0.6) is 5.75 Å². The molecule has 36 heavy (non-hydrogen) atoms. The Kier molecular flexibility index (Phi) is 6.81. The third kappa shape index (κ3) is 4.40. The van der Waals surface area contributed by atoms with Crippen LogP contribution >= 0.6 is 11.3 Å². The van der Waals surface area contributed by atoms with Crippen LogP contribution in [-0.4, -0.2) is 36.5 Å². The number of fused-ring (bicyclic) bond motifs is 1. The highest BCUT2D eigenvalue weighted by molar-refractivity contribution is 7.08. The molecule has 0 unspecified atom stereocenters. The van der Waals surface area contributed by atoms with Gasteiger partial charge >= 0.3 is 5.97 Å². The van der Waals surface area contributed by atoms with Gasteiger partial charge in [0, 0.05) is 32.6 Å². The second-order valence-electron chi connectivity index (χ2n) is 9.09. The Hall–Kier alpha value is -3.23. The number of methoxy groups -OCH3 is 2. The molecule has 7 heteroatoms. The van der Waals surface area contributed by atoms with E-state index >= 15 is 0 Å². The Bertz CT molecular complexity index is 1390. The van der Waals surface area contributed by atoms with Gasteiger partial charge in [-0.15, -0.1) is 0 Å². The van der Waals surface area contributed by atoms with E-state index in [0.29, 0.717) is 17.9 Å². The second kappa shape index (κ2) is 10.0. The van der Waals surface area contributed by atoms with Crippen molar-refractivity contribution in [1.82, 2.24) is 0 Å². The summed E-state index contributed by atoms with van der Waals surface area (Å²) in [6.45, 7) is 0.0101. The molecular formula is C29H28O6S. The number of thiophene rings is 1. The Morgan fingerprint density at radius 2 is 1.94 bits per heavy atom. The molecule has 0 radical (unpaired) electrons. The molecule has 2 N–H and O–H groups in total. The highest BCUT2D eigenvalue weighted by Gasteiger charge is 2.46. The first-order valence-corrected chi connectivity index (χ1v) is 12.7. The Labute approximate surface area is 213 Å². The lowest BCUT2D eigenvalue weighted by Crippen LogP contribution is -2.47. The SMILES string of the molecule is COC1CC(OC)(c2cccc(COc3ccc4c(-c5ccsc5)c(CO)c(C(=O)O)cc4c3)c2)C1. The zero-order valence-electron chi connectivity index (χ0n) is 20.2. The van der Waals surface area contributed by atoms with Gasteiger partial charge in [0.25, 0.3) is 0 Å². The van der Waals surface area contributed by atoms with Crippen LogP contribution in [0.15, 0.2) is 65.4 Å². The van der Waals surface area contributed by atoms with Gasteiger partial charge in [0.2, 0.25) is 0 Å². The Morgan fingerprint density at radius 1 is 1.11 bits per heavy atom. The van der Waals surface area contributed by atoms with Gasteiger partial charge in [0.1, 0.15) is 12.4 Å². The molecule has 5 rings (SSSR count). The lowest BCUT2D eigenvalue weighted by atomic mass is 9.72. The van der Waals surface area contributed by atoms with E-state index in [4.69, 9.17) is 14.2 Å². The van der Waals surface area contributed by atoms with E-state index in [9.17, 15) is 15.0 Å². The van der Waals surface area contributed by atoms with Gasteiger partial charge in [-0.1, -0.05) is 24.3 Å². The van der Waals surface area contributed by atoms with Crippen LogP contribution in [0, 0.1) is 0 Å². The maximum absolute atomic E-state index is 12.0. The zero-order valence-corrected chi connectivity index (χ0v) is 21.0. The maximum atomic E-state index is 12.0. The van der Waals surface area contributed by atoms with E-state index in [-0.39, 0.29) is 23.9 Å². The van der Waals surface area contributed by atoms with E-state index in [1.807, 2.05) is 47.2 Å². The molecule has 186 valence electrons. The monoisotopic (exact) mass is 504 g/mol. The molecule has 0 saturated heterocycles. The Balaban J connectivity index is 1.44. The highest BCUT2D eigenvalue weighted by Crippen LogP contribution is 2.46. The van der Waals surface area contributed by atoms with Gasteiger partial charge in [-0.25, -0.2) is 4.79 Å². The number of benzene rings is 3. The van der Waals surface area contributed by atoms with Crippen LogP contribution < -0.4 is 4.74 Å². The average molecular weight is 505 g/mol. The summed E-state index contributed by atoms with van der Waals surface area (Å²) in [5, 5.41) is 25.3. The van der Waals surface area contributed by atoms with Gasteiger partial charge < -0.3 is 24.4 Å². The molecule has 0 spiro atoms. The Morgan fingerprint density at radius 3 is 2.61 bits per heavy atom. The number of carbonyl (C=O) groups is 1. The molecule has 1 aliphatic carbocycles. The van der Waals surface area contributed by atoms with Gasteiger partial charge in [-0.3, -0.25) is 0 Å². The number of aromatic carboxylic acids is 1. The number of carboxylic acids is 1. The molecular weight excluding hydrogens is 476 g/mol. The fourth-order valence-electron chi connectivity index (χ4n) is 5.08. The van der Waals surface area contributed by atoms with Crippen LogP contribution in [0.2, 0.25) is 0 Å². The van der Waals surface area contributed by atoms with Gasteiger partial charge in [-0.2, -0.15) is 11.3 Å². The van der Waals surface area contributed by atoms with Crippen molar-refractivity contribution in [2.45, 2.75) is 37.8 Å². The summed E-state index contributed by atoms with van der Waals surface area (Å²) < 4.78 is 17.4. The van der Waals surface area contributed by atoms with Crippen molar-refractivity contribution >= 4 is 28.1 Å². The number of aliphatic hydroxyl groups is 1. The summed E-state index contributed by atoms with van der Waals surface area (Å²) in [5.74, 6) is -0.429. The van der Waals surface area contributed by atoms with Crippen molar-refractivity contribution in [2.24, 2.45) is 0 Å². The lowest BCUT2D eigenvalue weighted by molar-refractivity contribution is -0.154. The van der Waals surface area contributed by atoms with Crippen LogP contribution in [-0.2, 0) is 28.3 Å². The largest absolute Gasteiger partial charge is 0.489 e. The van der Waals surface area contributed by atoms with E-state index in [0.717, 1.165) is 45.9 Å². The summed E-state index contributed by atoms with van der Waals surface area (Å²) in [7, 11) is 3.47. The van der Waals surface area contributed by atoms with E-state index in [2.05, 4.69) is 12.1 Å². The fraction of sp³-hybridized carbons (Fsp3) is 0.276. The smallest absolute Gasteiger partial charge is 0.336 e. The fourth-order valence-corrected chi connectivity index (χ4v) is 5.73. The summed E-state index contributed by atoms with van der Waals surface area (Å²) in [5.41, 5.74) is 3.95. The normalized spacial score (nSPS) is 19.2. The molecule has 1 fully saturated rings. The molecule has 0 atom stereocenters. The molecule has 4 aromatic rings. The zero-order chi connectivity index (χ0) is 25.3. The summed E-state index contributed by atoms with van der Waals surface area (Å²) >= 11 is 1.53. The molecule has 3 aromatic carbocycles. The van der Waals surface area contributed by atoms with E-state index in [1.54, 1.807) is 20.3 Å².